The van der Waals surface area contributed by atoms with Crippen LogP contribution < -0.4 is 4.74 Å². The van der Waals surface area contributed by atoms with E-state index < -0.39 is 0 Å². The van der Waals surface area contributed by atoms with Gasteiger partial charge >= 0.3 is 0 Å². The van der Waals surface area contributed by atoms with Gasteiger partial charge in [0.15, 0.2) is 0 Å². The minimum Gasteiger partial charge on any atom is -0.493 e. The van der Waals surface area contributed by atoms with E-state index in [1.54, 1.807) is 0 Å². The number of rotatable bonds is 5. The molecule has 1 aliphatic carbocycles. The van der Waals surface area contributed by atoms with E-state index in [-0.39, 0.29) is 0 Å². The third-order valence-electron chi connectivity index (χ3n) is 4.86. The van der Waals surface area contributed by atoms with Gasteiger partial charge in [0.05, 0.1) is 12.3 Å². The van der Waals surface area contributed by atoms with E-state index in [0.29, 0.717) is 12.5 Å². The van der Waals surface area contributed by atoms with E-state index >= 15 is 0 Å². The second-order valence-electron chi connectivity index (χ2n) is 6.59. The minimum absolute atomic E-state index is 0.623. The molecule has 3 nitrogen and oxygen atoms in total. The van der Waals surface area contributed by atoms with E-state index in [2.05, 4.69) is 23.2 Å². The molecule has 3 heteroatoms. The van der Waals surface area contributed by atoms with Crippen LogP contribution in [-0.2, 0) is 19.3 Å². The van der Waals surface area contributed by atoms with Gasteiger partial charge < -0.3 is 9.15 Å². The van der Waals surface area contributed by atoms with Crippen molar-refractivity contribution in [3.8, 4) is 17.2 Å². The molecule has 0 bridgehead atoms. The Balaban J connectivity index is 1.44. The average Bonchev–Trinajstić information content (AvgIpc) is 3.03. The van der Waals surface area contributed by atoms with Crippen molar-refractivity contribution < 1.29 is 9.15 Å². The van der Waals surface area contributed by atoms with Gasteiger partial charge in [0.2, 0.25) is 5.89 Å². The number of fused-ring (bicyclic) bond motifs is 1. The Bertz CT molecular complexity index is 852. The van der Waals surface area contributed by atoms with Gasteiger partial charge in [-0.05, 0) is 61.9 Å². The fourth-order valence-electron chi connectivity index (χ4n) is 3.50. The van der Waals surface area contributed by atoms with Gasteiger partial charge in [0.1, 0.15) is 11.5 Å². The molecule has 0 saturated carbocycles. The van der Waals surface area contributed by atoms with Crippen molar-refractivity contribution in [2.75, 3.05) is 6.61 Å². The molecule has 0 spiro atoms. The number of hydrogen-bond acceptors (Lipinski definition) is 3. The number of ether oxygens (including phenoxy) is 1. The Labute approximate surface area is 148 Å². The lowest BCUT2D eigenvalue weighted by Gasteiger charge is -2.19. The third-order valence-corrected chi connectivity index (χ3v) is 4.86. The lowest BCUT2D eigenvalue weighted by atomic mass is 9.91. The smallest absolute Gasteiger partial charge is 0.226 e. The molecule has 0 amide bonds. The summed E-state index contributed by atoms with van der Waals surface area (Å²) in [4.78, 5) is 4.65. The van der Waals surface area contributed by atoms with E-state index in [1.165, 1.54) is 30.4 Å². The summed E-state index contributed by atoms with van der Waals surface area (Å²) in [6.07, 6.45) is 5.61. The van der Waals surface area contributed by atoms with Crippen LogP contribution in [0.5, 0.6) is 5.75 Å². The highest BCUT2D eigenvalue weighted by Gasteiger charge is 2.15. The first-order valence-electron chi connectivity index (χ1n) is 9.06. The van der Waals surface area contributed by atoms with Crippen LogP contribution in [0, 0.1) is 6.92 Å². The van der Waals surface area contributed by atoms with Crippen LogP contribution in [0.15, 0.2) is 52.9 Å². The summed E-state index contributed by atoms with van der Waals surface area (Å²) < 4.78 is 11.9. The van der Waals surface area contributed by atoms with Gasteiger partial charge in [-0.1, -0.05) is 30.3 Å². The number of aromatic nitrogens is 1. The van der Waals surface area contributed by atoms with Crippen LogP contribution >= 0.6 is 0 Å². The Morgan fingerprint density at radius 1 is 1.00 bits per heavy atom. The monoisotopic (exact) mass is 333 g/mol. The second kappa shape index (κ2) is 7.14. The summed E-state index contributed by atoms with van der Waals surface area (Å²) in [7, 11) is 0. The lowest BCUT2D eigenvalue weighted by Crippen LogP contribution is -2.08. The molecule has 2 aromatic carbocycles. The van der Waals surface area contributed by atoms with Crippen molar-refractivity contribution in [2.24, 2.45) is 0 Å². The predicted octanol–water partition coefficient (Wildman–Crippen LogP) is 5.15. The maximum absolute atomic E-state index is 6.10. The zero-order valence-corrected chi connectivity index (χ0v) is 14.6. The second-order valence-corrected chi connectivity index (χ2v) is 6.59. The molecule has 0 saturated heterocycles. The minimum atomic E-state index is 0.623. The zero-order chi connectivity index (χ0) is 17.1. The van der Waals surface area contributed by atoms with Crippen LogP contribution in [0.25, 0.3) is 11.5 Å². The summed E-state index contributed by atoms with van der Waals surface area (Å²) in [5.41, 5.74) is 4.84. The van der Waals surface area contributed by atoms with Crippen molar-refractivity contribution in [1.82, 2.24) is 4.98 Å². The highest BCUT2D eigenvalue weighted by atomic mass is 16.5. The molecule has 128 valence electrons. The van der Waals surface area contributed by atoms with Crippen molar-refractivity contribution in [3.05, 3.63) is 71.1 Å². The molecule has 0 N–H and O–H groups in total. The first-order valence-corrected chi connectivity index (χ1v) is 9.06. The quantitative estimate of drug-likeness (QED) is 0.647. The number of hydrogen-bond donors (Lipinski definition) is 0. The Hall–Kier alpha value is -2.55. The highest BCUT2D eigenvalue weighted by Crippen LogP contribution is 2.29. The third kappa shape index (κ3) is 3.46. The molecule has 3 aromatic rings. The van der Waals surface area contributed by atoms with Gasteiger partial charge in [-0.15, -0.1) is 0 Å². The summed E-state index contributed by atoms with van der Waals surface area (Å²) in [6, 6.07) is 16.4. The maximum atomic E-state index is 6.10. The number of benzene rings is 2. The van der Waals surface area contributed by atoms with E-state index in [4.69, 9.17) is 9.15 Å². The summed E-state index contributed by atoms with van der Waals surface area (Å²) in [6.45, 7) is 2.59. The zero-order valence-electron chi connectivity index (χ0n) is 14.6. The molecule has 0 fully saturated rings. The summed E-state index contributed by atoms with van der Waals surface area (Å²) >= 11 is 0. The molecule has 25 heavy (non-hydrogen) atoms. The number of nitrogens with zero attached hydrogens (tertiary/aromatic N) is 1. The molecule has 0 unspecified atom stereocenters. The Morgan fingerprint density at radius 3 is 2.72 bits per heavy atom. The number of oxazole rings is 1. The average molecular weight is 333 g/mol. The molecular formula is C22H23NO2. The molecular weight excluding hydrogens is 310 g/mol. The van der Waals surface area contributed by atoms with Crippen LogP contribution in [0.4, 0.5) is 0 Å². The van der Waals surface area contributed by atoms with Crippen molar-refractivity contribution in [1.29, 1.82) is 0 Å². The molecule has 1 aliphatic rings. The maximum Gasteiger partial charge on any atom is 0.226 e. The van der Waals surface area contributed by atoms with Crippen LogP contribution in [0.1, 0.15) is 35.4 Å². The standard InChI is InChI=1S/C22H23NO2/c1-16-20(23-22(25-16)18-9-3-2-4-10-18)14-15-24-21-13-7-11-17-8-5-6-12-19(17)21/h2-4,7,9-11,13H,5-6,8,12,14-15H2,1H3. The van der Waals surface area contributed by atoms with Crippen molar-refractivity contribution in [3.63, 3.8) is 0 Å². The summed E-state index contributed by atoms with van der Waals surface area (Å²) in [5, 5.41) is 0. The van der Waals surface area contributed by atoms with E-state index in [9.17, 15) is 0 Å². The van der Waals surface area contributed by atoms with Crippen LogP contribution in [0.2, 0.25) is 0 Å². The van der Waals surface area contributed by atoms with Gasteiger partial charge in [-0.2, -0.15) is 0 Å². The Morgan fingerprint density at radius 2 is 1.84 bits per heavy atom. The number of aryl methyl sites for hydroxylation is 2. The van der Waals surface area contributed by atoms with Crippen LogP contribution in [0.3, 0.4) is 0 Å². The molecule has 0 atom stereocenters. The molecule has 4 rings (SSSR count). The largest absolute Gasteiger partial charge is 0.493 e. The van der Waals surface area contributed by atoms with Gasteiger partial charge in [-0.25, -0.2) is 4.98 Å². The first kappa shape index (κ1) is 15.9. The molecule has 1 aromatic heterocycles. The predicted molar refractivity (Wildman–Crippen MR) is 99.0 cm³/mol. The van der Waals surface area contributed by atoms with Crippen molar-refractivity contribution >= 4 is 0 Å². The molecule has 0 aliphatic heterocycles. The van der Waals surface area contributed by atoms with Gasteiger partial charge in [0, 0.05) is 12.0 Å². The van der Waals surface area contributed by atoms with E-state index in [1.807, 2.05) is 37.3 Å². The Kier molecular flexibility index (Phi) is 4.55. The normalized spacial score (nSPS) is 13.5. The highest BCUT2D eigenvalue weighted by molar-refractivity contribution is 5.53. The van der Waals surface area contributed by atoms with E-state index in [0.717, 1.165) is 35.6 Å². The van der Waals surface area contributed by atoms with Crippen molar-refractivity contribution in [2.45, 2.75) is 39.0 Å². The molecule has 1 heterocycles. The van der Waals surface area contributed by atoms with Crippen LogP contribution in [-0.4, -0.2) is 11.6 Å². The van der Waals surface area contributed by atoms with Gasteiger partial charge in [0.25, 0.3) is 0 Å². The fourth-order valence-corrected chi connectivity index (χ4v) is 3.50. The molecule has 0 radical (unpaired) electrons. The first-order chi connectivity index (χ1) is 12.3. The lowest BCUT2D eigenvalue weighted by molar-refractivity contribution is 0.315. The summed E-state index contributed by atoms with van der Waals surface area (Å²) in [5.74, 6) is 2.60. The topological polar surface area (TPSA) is 35.3 Å². The fraction of sp³-hybridized carbons (Fsp3) is 0.318. The SMILES string of the molecule is Cc1oc(-c2ccccc2)nc1CCOc1cccc2c1CCCC2. The van der Waals surface area contributed by atoms with Gasteiger partial charge in [-0.3, -0.25) is 0 Å².